The molecule has 1 atom stereocenters. The van der Waals surface area contributed by atoms with E-state index in [0.29, 0.717) is 12.1 Å². The number of nitrogens with zero attached hydrogens (tertiary/aromatic N) is 1. The van der Waals surface area contributed by atoms with Gasteiger partial charge < -0.3 is 15.7 Å². The summed E-state index contributed by atoms with van der Waals surface area (Å²) >= 11 is 0. The van der Waals surface area contributed by atoms with Gasteiger partial charge in [-0.2, -0.15) is 0 Å². The topological polar surface area (TPSA) is 73.3 Å². The van der Waals surface area contributed by atoms with Crippen molar-refractivity contribution in [2.24, 2.45) is 5.73 Å². The van der Waals surface area contributed by atoms with Crippen LogP contribution in [0.4, 0.5) is 5.69 Å². The van der Waals surface area contributed by atoms with Gasteiger partial charge >= 0.3 is 0 Å². The van der Waals surface area contributed by atoms with E-state index in [1.165, 1.54) is 0 Å². The first-order valence-electron chi connectivity index (χ1n) is 5.26. The number of benzene rings is 1. The zero-order valence-electron chi connectivity index (χ0n) is 9.99. The normalized spacial score (nSPS) is 12.2. The first kappa shape index (κ1) is 12.5. The van der Waals surface area contributed by atoms with Crippen LogP contribution in [0.25, 0.3) is 0 Å². The van der Waals surface area contributed by atoms with Gasteiger partial charge in [0.15, 0.2) is 0 Å². The minimum Gasteiger partial charge on any atom is -0.392 e. The molecule has 4 heteroatoms. The van der Waals surface area contributed by atoms with Gasteiger partial charge in [0.2, 0.25) is 0 Å². The molecule has 88 valence electrons. The van der Waals surface area contributed by atoms with E-state index in [1.807, 2.05) is 37.1 Å². The van der Waals surface area contributed by atoms with Crippen molar-refractivity contribution in [3.63, 3.8) is 0 Å². The van der Waals surface area contributed by atoms with E-state index in [-0.39, 0.29) is 5.84 Å². The second-order valence-electron chi connectivity index (χ2n) is 4.16. The van der Waals surface area contributed by atoms with Gasteiger partial charge in [-0.15, -0.1) is 0 Å². The van der Waals surface area contributed by atoms with Crippen LogP contribution in [0.1, 0.15) is 18.1 Å². The smallest absolute Gasteiger partial charge is 0.124 e. The Morgan fingerprint density at radius 3 is 2.69 bits per heavy atom. The lowest BCUT2D eigenvalue weighted by Crippen LogP contribution is -2.29. The van der Waals surface area contributed by atoms with Gasteiger partial charge in [0.1, 0.15) is 5.84 Å². The van der Waals surface area contributed by atoms with Crippen LogP contribution >= 0.6 is 0 Å². The van der Waals surface area contributed by atoms with Crippen LogP contribution in [0, 0.1) is 12.3 Å². The van der Waals surface area contributed by atoms with Crippen LogP contribution in [-0.4, -0.2) is 30.6 Å². The average molecular weight is 221 g/mol. The van der Waals surface area contributed by atoms with Crippen molar-refractivity contribution in [3.8, 4) is 0 Å². The van der Waals surface area contributed by atoms with Crippen molar-refractivity contribution in [3.05, 3.63) is 29.3 Å². The van der Waals surface area contributed by atoms with E-state index >= 15 is 0 Å². The highest BCUT2D eigenvalue weighted by molar-refractivity contribution is 6.00. The maximum atomic E-state index is 9.34. The van der Waals surface area contributed by atoms with E-state index in [9.17, 15) is 5.11 Å². The Bertz CT molecular complexity index is 388. The minimum absolute atomic E-state index is 0.0520. The molecule has 0 saturated heterocycles. The summed E-state index contributed by atoms with van der Waals surface area (Å²) in [6, 6.07) is 5.78. The van der Waals surface area contributed by atoms with Crippen LogP contribution in [0.5, 0.6) is 0 Å². The Hall–Kier alpha value is -1.55. The highest BCUT2D eigenvalue weighted by Gasteiger charge is 2.11. The molecular weight excluding hydrogens is 202 g/mol. The number of nitrogens with two attached hydrogens (primary N) is 1. The molecule has 0 spiro atoms. The van der Waals surface area contributed by atoms with Crippen molar-refractivity contribution in [1.29, 1.82) is 5.41 Å². The number of hydrogen-bond donors (Lipinski definition) is 3. The number of anilines is 1. The first-order chi connectivity index (χ1) is 7.41. The average Bonchev–Trinajstić information content (AvgIpc) is 2.16. The van der Waals surface area contributed by atoms with Crippen LogP contribution in [0.15, 0.2) is 18.2 Å². The third kappa shape index (κ3) is 2.97. The molecule has 0 saturated carbocycles. The van der Waals surface area contributed by atoms with Crippen molar-refractivity contribution in [2.75, 3.05) is 18.5 Å². The number of amidine groups is 1. The molecule has 1 unspecified atom stereocenters. The van der Waals surface area contributed by atoms with Gasteiger partial charge in [-0.1, -0.05) is 11.6 Å². The lowest BCUT2D eigenvalue weighted by atomic mass is 10.1. The summed E-state index contributed by atoms with van der Waals surface area (Å²) in [4.78, 5) is 1.90. The molecular formula is C12H19N3O. The number of hydrogen-bond acceptors (Lipinski definition) is 3. The van der Waals surface area contributed by atoms with Gasteiger partial charge in [0.05, 0.1) is 6.10 Å². The Labute approximate surface area is 96.2 Å². The fraction of sp³-hybridized carbons (Fsp3) is 0.417. The molecule has 4 nitrogen and oxygen atoms in total. The van der Waals surface area contributed by atoms with Gasteiger partial charge in [-0.3, -0.25) is 5.41 Å². The third-order valence-corrected chi connectivity index (χ3v) is 2.39. The number of rotatable bonds is 4. The minimum atomic E-state index is -0.411. The van der Waals surface area contributed by atoms with E-state index in [0.717, 1.165) is 11.3 Å². The summed E-state index contributed by atoms with van der Waals surface area (Å²) in [7, 11) is 1.88. The lowest BCUT2D eigenvalue weighted by molar-refractivity contribution is 0.201. The van der Waals surface area contributed by atoms with Crippen molar-refractivity contribution in [2.45, 2.75) is 20.0 Å². The standard InChI is InChI=1S/C12H19N3O/c1-8-4-5-11(10(6-8)12(13)14)15(3)7-9(2)16/h4-6,9,16H,7H2,1-3H3,(H3,13,14). The Kier molecular flexibility index (Phi) is 3.90. The second kappa shape index (κ2) is 4.99. The molecule has 1 aromatic rings. The zero-order chi connectivity index (χ0) is 12.3. The molecule has 16 heavy (non-hydrogen) atoms. The number of aliphatic hydroxyl groups excluding tert-OH is 1. The molecule has 0 aliphatic carbocycles. The van der Waals surface area contributed by atoms with E-state index in [1.54, 1.807) is 6.92 Å². The molecule has 0 fully saturated rings. The number of nitrogens with one attached hydrogen (secondary N) is 1. The number of aliphatic hydroxyl groups is 1. The predicted molar refractivity (Wildman–Crippen MR) is 67.1 cm³/mol. The summed E-state index contributed by atoms with van der Waals surface area (Å²) < 4.78 is 0. The molecule has 1 rings (SSSR count). The summed E-state index contributed by atoms with van der Waals surface area (Å²) in [6.07, 6.45) is -0.411. The van der Waals surface area contributed by atoms with Gasteiger partial charge in [0, 0.05) is 24.8 Å². The Morgan fingerprint density at radius 2 is 2.19 bits per heavy atom. The molecule has 0 bridgehead atoms. The lowest BCUT2D eigenvalue weighted by Gasteiger charge is -2.23. The molecule has 0 aliphatic rings. The van der Waals surface area contributed by atoms with E-state index in [2.05, 4.69) is 0 Å². The van der Waals surface area contributed by atoms with Gasteiger partial charge in [-0.05, 0) is 26.0 Å². The zero-order valence-corrected chi connectivity index (χ0v) is 9.99. The largest absolute Gasteiger partial charge is 0.392 e. The van der Waals surface area contributed by atoms with E-state index in [4.69, 9.17) is 11.1 Å². The third-order valence-electron chi connectivity index (χ3n) is 2.39. The fourth-order valence-electron chi connectivity index (χ4n) is 1.69. The number of likely N-dealkylation sites (N-methyl/N-ethyl adjacent to an activating group) is 1. The van der Waals surface area contributed by atoms with Gasteiger partial charge in [0.25, 0.3) is 0 Å². The quantitative estimate of drug-likeness (QED) is 0.526. The van der Waals surface area contributed by atoms with Crippen LogP contribution in [0.2, 0.25) is 0 Å². The van der Waals surface area contributed by atoms with Gasteiger partial charge in [-0.25, -0.2) is 0 Å². The summed E-state index contributed by atoms with van der Waals surface area (Å²) in [6.45, 7) is 4.21. The maximum absolute atomic E-state index is 9.34. The fourth-order valence-corrected chi connectivity index (χ4v) is 1.69. The molecule has 1 aromatic carbocycles. The van der Waals surface area contributed by atoms with Crippen LogP contribution in [0.3, 0.4) is 0 Å². The molecule has 0 amide bonds. The number of aryl methyl sites for hydroxylation is 1. The SMILES string of the molecule is Cc1ccc(N(C)CC(C)O)c(C(=N)N)c1. The molecule has 4 N–H and O–H groups in total. The molecule has 0 radical (unpaired) electrons. The summed E-state index contributed by atoms with van der Waals surface area (Å²) in [5.74, 6) is 0.0520. The number of nitrogen functional groups attached to an aromatic ring is 1. The molecule has 0 heterocycles. The summed E-state index contributed by atoms with van der Waals surface area (Å²) in [5.41, 5.74) is 8.20. The van der Waals surface area contributed by atoms with Crippen LogP contribution in [-0.2, 0) is 0 Å². The van der Waals surface area contributed by atoms with Crippen molar-refractivity contribution in [1.82, 2.24) is 0 Å². The first-order valence-corrected chi connectivity index (χ1v) is 5.26. The van der Waals surface area contributed by atoms with Crippen molar-refractivity contribution < 1.29 is 5.11 Å². The van der Waals surface area contributed by atoms with E-state index < -0.39 is 6.10 Å². The maximum Gasteiger partial charge on any atom is 0.124 e. The second-order valence-corrected chi connectivity index (χ2v) is 4.16. The monoisotopic (exact) mass is 221 g/mol. The Morgan fingerprint density at radius 1 is 1.56 bits per heavy atom. The highest BCUT2D eigenvalue weighted by Crippen LogP contribution is 2.20. The van der Waals surface area contributed by atoms with Crippen LogP contribution < -0.4 is 10.6 Å². The summed E-state index contributed by atoms with van der Waals surface area (Å²) in [5, 5.41) is 16.9. The highest BCUT2D eigenvalue weighted by atomic mass is 16.3. The molecule has 0 aliphatic heterocycles. The Balaban J connectivity index is 3.07. The predicted octanol–water partition coefficient (Wildman–Crippen LogP) is 1.10. The molecule has 0 aromatic heterocycles. The van der Waals surface area contributed by atoms with Crippen molar-refractivity contribution >= 4 is 11.5 Å².